The summed E-state index contributed by atoms with van der Waals surface area (Å²) in [5.41, 5.74) is 7.99. The van der Waals surface area contributed by atoms with E-state index in [0.717, 1.165) is 25.1 Å². The summed E-state index contributed by atoms with van der Waals surface area (Å²) >= 11 is 0. The van der Waals surface area contributed by atoms with Crippen molar-refractivity contribution in [3.05, 3.63) is 35.1 Å². The van der Waals surface area contributed by atoms with Crippen LogP contribution in [0.1, 0.15) is 49.8 Å². The molecular formula is C17H27FN2. The molecule has 1 aliphatic rings. The van der Waals surface area contributed by atoms with E-state index < -0.39 is 0 Å². The van der Waals surface area contributed by atoms with Gasteiger partial charge in [-0.05, 0) is 68.9 Å². The summed E-state index contributed by atoms with van der Waals surface area (Å²) in [6.07, 6.45) is 4.82. The number of nitrogens with zero attached hydrogens (tertiary/aromatic N) is 1. The second-order valence-corrected chi connectivity index (χ2v) is 5.98. The minimum Gasteiger partial charge on any atom is -0.330 e. The van der Waals surface area contributed by atoms with Gasteiger partial charge in [-0.15, -0.1) is 0 Å². The predicted molar refractivity (Wildman–Crippen MR) is 82.1 cm³/mol. The maximum absolute atomic E-state index is 13.5. The van der Waals surface area contributed by atoms with Crippen LogP contribution in [-0.2, 0) is 0 Å². The van der Waals surface area contributed by atoms with E-state index in [-0.39, 0.29) is 5.82 Å². The number of hydrogen-bond donors (Lipinski definition) is 1. The lowest BCUT2D eigenvalue weighted by atomic mass is 9.88. The SMILES string of the molecule is CCCN1CCCCC(CN)C1c1ccc(F)c(C)c1. The van der Waals surface area contributed by atoms with Gasteiger partial charge in [0.1, 0.15) is 5.82 Å². The lowest BCUT2D eigenvalue weighted by molar-refractivity contribution is 0.158. The molecule has 2 unspecified atom stereocenters. The van der Waals surface area contributed by atoms with Gasteiger partial charge in [-0.3, -0.25) is 4.90 Å². The molecule has 20 heavy (non-hydrogen) atoms. The number of hydrogen-bond acceptors (Lipinski definition) is 2. The van der Waals surface area contributed by atoms with Crippen molar-refractivity contribution in [2.45, 2.75) is 45.6 Å². The Bertz CT molecular complexity index is 433. The minimum absolute atomic E-state index is 0.117. The predicted octanol–water partition coefficient (Wildman–Crippen LogP) is 3.65. The third-order valence-electron chi connectivity index (χ3n) is 4.45. The van der Waals surface area contributed by atoms with E-state index in [4.69, 9.17) is 5.73 Å². The molecule has 2 atom stereocenters. The first kappa shape index (κ1) is 15.5. The fraction of sp³-hybridized carbons (Fsp3) is 0.647. The normalized spacial score (nSPS) is 24.6. The number of halogens is 1. The first-order valence-corrected chi connectivity index (χ1v) is 7.87. The monoisotopic (exact) mass is 278 g/mol. The zero-order chi connectivity index (χ0) is 14.5. The van der Waals surface area contributed by atoms with E-state index in [9.17, 15) is 4.39 Å². The molecule has 0 bridgehead atoms. The molecule has 1 saturated heterocycles. The second kappa shape index (κ2) is 7.19. The average molecular weight is 278 g/mol. The lowest BCUT2D eigenvalue weighted by Crippen LogP contribution is -2.36. The van der Waals surface area contributed by atoms with E-state index >= 15 is 0 Å². The Kier molecular flexibility index (Phi) is 5.55. The zero-order valence-corrected chi connectivity index (χ0v) is 12.7. The third-order valence-corrected chi connectivity index (χ3v) is 4.45. The van der Waals surface area contributed by atoms with Crippen molar-refractivity contribution < 1.29 is 4.39 Å². The van der Waals surface area contributed by atoms with Crippen LogP contribution in [0.2, 0.25) is 0 Å². The summed E-state index contributed by atoms with van der Waals surface area (Å²) in [5.74, 6) is 0.364. The van der Waals surface area contributed by atoms with Crippen LogP contribution < -0.4 is 5.73 Å². The highest BCUT2D eigenvalue weighted by Gasteiger charge is 2.29. The van der Waals surface area contributed by atoms with Crippen LogP contribution in [-0.4, -0.2) is 24.5 Å². The molecule has 0 aliphatic carbocycles. The van der Waals surface area contributed by atoms with Gasteiger partial charge >= 0.3 is 0 Å². The van der Waals surface area contributed by atoms with Gasteiger partial charge in [-0.25, -0.2) is 4.39 Å². The van der Waals surface area contributed by atoms with Crippen molar-refractivity contribution >= 4 is 0 Å². The molecule has 2 rings (SSSR count). The van der Waals surface area contributed by atoms with E-state index in [1.54, 1.807) is 6.07 Å². The van der Waals surface area contributed by atoms with Gasteiger partial charge in [0.2, 0.25) is 0 Å². The van der Waals surface area contributed by atoms with Gasteiger partial charge < -0.3 is 5.73 Å². The lowest BCUT2D eigenvalue weighted by Gasteiger charge is -2.35. The standard InChI is InChI=1S/C17H27FN2/c1-3-9-20-10-5-4-6-15(12-19)17(20)14-7-8-16(18)13(2)11-14/h7-8,11,15,17H,3-6,9-10,12,19H2,1-2H3. The van der Waals surface area contributed by atoms with Crippen LogP contribution in [0.25, 0.3) is 0 Å². The largest absolute Gasteiger partial charge is 0.330 e. The van der Waals surface area contributed by atoms with Gasteiger partial charge in [0.15, 0.2) is 0 Å². The third kappa shape index (κ3) is 3.39. The molecule has 0 amide bonds. The summed E-state index contributed by atoms with van der Waals surface area (Å²) in [7, 11) is 0. The van der Waals surface area contributed by atoms with Crippen LogP contribution in [0.15, 0.2) is 18.2 Å². The van der Waals surface area contributed by atoms with Gasteiger partial charge in [-0.2, -0.15) is 0 Å². The van der Waals surface area contributed by atoms with E-state index in [1.807, 2.05) is 19.1 Å². The maximum Gasteiger partial charge on any atom is 0.126 e. The Labute approximate surface area is 122 Å². The second-order valence-electron chi connectivity index (χ2n) is 5.98. The Balaban J connectivity index is 2.34. The van der Waals surface area contributed by atoms with Crippen LogP contribution in [0, 0.1) is 18.7 Å². The molecule has 3 heteroatoms. The van der Waals surface area contributed by atoms with Gasteiger partial charge in [0.25, 0.3) is 0 Å². The fourth-order valence-electron chi connectivity index (χ4n) is 3.44. The van der Waals surface area contributed by atoms with Crippen LogP contribution >= 0.6 is 0 Å². The summed E-state index contributed by atoms with van der Waals surface area (Å²) in [4.78, 5) is 2.55. The van der Waals surface area contributed by atoms with Crippen LogP contribution in [0.4, 0.5) is 4.39 Å². The van der Waals surface area contributed by atoms with Gasteiger partial charge in [-0.1, -0.05) is 25.5 Å². The summed E-state index contributed by atoms with van der Waals surface area (Å²) in [5, 5.41) is 0. The molecule has 1 aliphatic heterocycles. The Morgan fingerprint density at radius 1 is 1.35 bits per heavy atom. The van der Waals surface area contributed by atoms with Crippen molar-refractivity contribution in [2.24, 2.45) is 11.7 Å². The van der Waals surface area contributed by atoms with Crippen molar-refractivity contribution in [3.8, 4) is 0 Å². The zero-order valence-electron chi connectivity index (χ0n) is 12.7. The summed E-state index contributed by atoms with van der Waals surface area (Å²) < 4.78 is 13.5. The fourth-order valence-corrected chi connectivity index (χ4v) is 3.44. The molecular weight excluding hydrogens is 251 g/mol. The highest BCUT2D eigenvalue weighted by atomic mass is 19.1. The molecule has 2 nitrogen and oxygen atoms in total. The summed E-state index contributed by atoms with van der Waals surface area (Å²) in [6, 6.07) is 5.91. The van der Waals surface area contributed by atoms with Gasteiger partial charge in [0, 0.05) is 6.04 Å². The van der Waals surface area contributed by atoms with Crippen molar-refractivity contribution in [3.63, 3.8) is 0 Å². The minimum atomic E-state index is -0.117. The molecule has 112 valence electrons. The number of rotatable bonds is 4. The highest BCUT2D eigenvalue weighted by Crippen LogP contribution is 2.35. The molecule has 0 spiro atoms. The molecule has 1 fully saturated rings. The summed E-state index contributed by atoms with van der Waals surface area (Å²) in [6.45, 7) is 7.00. The maximum atomic E-state index is 13.5. The Morgan fingerprint density at radius 2 is 2.15 bits per heavy atom. The Hall–Kier alpha value is -0.930. The molecule has 1 heterocycles. The smallest absolute Gasteiger partial charge is 0.126 e. The molecule has 2 N–H and O–H groups in total. The Morgan fingerprint density at radius 3 is 2.80 bits per heavy atom. The van der Waals surface area contributed by atoms with Crippen molar-refractivity contribution in [2.75, 3.05) is 19.6 Å². The van der Waals surface area contributed by atoms with Crippen LogP contribution in [0.5, 0.6) is 0 Å². The van der Waals surface area contributed by atoms with E-state index in [0.29, 0.717) is 18.5 Å². The average Bonchev–Trinajstić information content (AvgIpc) is 2.64. The topological polar surface area (TPSA) is 29.3 Å². The van der Waals surface area contributed by atoms with Crippen molar-refractivity contribution in [1.82, 2.24) is 4.90 Å². The molecule has 0 aromatic heterocycles. The molecule has 1 aromatic rings. The first-order chi connectivity index (χ1) is 9.67. The number of likely N-dealkylation sites (tertiary alicyclic amines) is 1. The number of benzene rings is 1. The highest BCUT2D eigenvalue weighted by molar-refractivity contribution is 5.27. The molecule has 0 saturated carbocycles. The van der Waals surface area contributed by atoms with Crippen LogP contribution in [0.3, 0.4) is 0 Å². The number of aryl methyl sites for hydroxylation is 1. The van der Waals surface area contributed by atoms with Crippen molar-refractivity contribution in [1.29, 1.82) is 0 Å². The first-order valence-electron chi connectivity index (χ1n) is 7.87. The van der Waals surface area contributed by atoms with E-state index in [1.165, 1.54) is 24.8 Å². The van der Waals surface area contributed by atoms with E-state index in [2.05, 4.69) is 11.8 Å². The number of nitrogens with two attached hydrogens (primary N) is 1. The molecule has 1 aromatic carbocycles. The van der Waals surface area contributed by atoms with Gasteiger partial charge in [0.05, 0.1) is 0 Å². The molecule has 0 radical (unpaired) electrons. The quantitative estimate of drug-likeness (QED) is 0.911.